The lowest BCUT2D eigenvalue weighted by Gasteiger charge is -2.06. The van der Waals surface area contributed by atoms with Crippen molar-refractivity contribution in [2.75, 3.05) is 0 Å². The van der Waals surface area contributed by atoms with Gasteiger partial charge in [0.2, 0.25) is 0 Å². The molecule has 1 spiro atoms. The van der Waals surface area contributed by atoms with E-state index in [1.54, 1.807) is 0 Å². The summed E-state index contributed by atoms with van der Waals surface area (Å²) in [6.45, 7) is 0. The molecular weight excluding hydrogens is 220 g/mol. The predicted octanol–water partition coefficient (Wildman–Crippen LogP) is 1.72. The van der Waals surface area contributed by atoms with Gasteiger partial charge < -0.3 is 10.2 Å². The van der Waals surface area contributed by atoms with Crippen LogP contribution in [-0.4, -0.2) is 22.2 Å². The number of hydrogen-bond acceptors (Lipinski definition) is 2. The van der Waals surface area contributed by atoms with E-state index in [-0.39, 0.29) is 12.3 Å². The molecule has 2 fully saturated rings. The van der Waals surface area contributed by atoms with Gasteiger partial charge in [0.1, 0.15) is 0 Å². The van der Waals surface area contributed by atoms with E-state index >= 15 is 0 Å². The van der Waals surface area contributed by atoms with Crippen LogP contribution < -0.4 is 0 Å². The van der Waals surface area contributed by atoms with E-state index in [2.05, 4.69) is 0 Å². The summed E-state index contributed by atoms with van der Waals surface area (Å²) in [7, 11) is 0. The summed E-state index contributed by atoms with van der Waals surface area (Å²) in [5.41, 5.74) is -1.00. The Morgan fingerprint density at radius 1 is 1.12 bits per heavy atom. The van der Waals surface area contributed by atoms with Gasteiger partial charge in [0.25, 0.3) is 0 Å². The second-order valence-corrected chi connectivity index (χ2v) is 5.02. The lowest BCUT2D eigenvalue weighted by Crippen LogP contribution is -2.28. The van der Waals surface area contributed by atoms with Gasteiger partial charge in [0.05, 0.1) is 0 Å². The van der Waals surface area contributed by atoms with Crippen molar-refractivity contribution in [1.82, 2.24) is 0 Å². The number of carboxylic acid groups (broad SMARTS) is 2. The van der Waals surface area contributed by atoms with E-state index < -0.39 is 22.8 Å². The maximum absolute atomic E-state index is 11.2. The molecule has 88 valence electrons. The van der Waals surface area contributed by atoms with Crippen LogP contribution in [0.25, 0.3) is 0 Å². The maximum atomic E-state index is 11.2. The first-order chi connectivity index (χ1) is 8.04. The average Bonchev–Trinajstić information content (AvgIpc) is 3.18. The van der Waals surface area contributed by atoms with Crippen LogP contribution in [0.2, 0.25) is 0 Å². The molecule has 2 saturated carbocycles. The molecule has 0 amide bonds. The van der Waals surface area contributed by atoms with Crippen LogP contribution in [0.3, 0.4) is 0 Å². The van der Waals surface area contributed by atoms with E-state index in [9.17, 15) is 9.59 Å². The number of benzene rings is 1. The van der Waals surface area contributed by atoms with E-state index in [4.69, 9.17) is 10.2 Å². The summed E-state index contributed by atoms with van der Waals surface area (Å²) in [5.74, 6) is -2.29. The number of carboxylic acids is 2. The van der Waals surface area contributed by atoms with Gasteiger partial charge in [-0.05, 0) is 24.3 Å². The first kappa shape index (κ1) is 10.3. The Morgan fingerprint density at radius 3 is 2.18 bits per heavy atom. The summed E-state index contributed by atoms with van der Waals surface area (Å²) in [4.78, 5) is 22.4. The maximum Gasteiger partial charge on any atom is 0.321 e. The standard InChI is InChI=1S/C13H12O4/c14-10(15)13(11(16)17)7-12(13)6-9(12)8-4-2-1-3-5-8/h1-5,9H,6-7H2,(H,14,15)(H,16,17)/t9-,12-/m1/s1. The molecule has 2 N–H and O–H groups in total. The summed E-state index contributed by atoms with van der Waals surface area (Å²) in [6, 6.07) is 9.56. The van der Waals surface area contributed by atoms with E-state index in [1.165, 1.54) is 0 Å². The molecule has 4 nitrogen and oxygen atoms in total. The number of hydrogen-bond donors (Lipinski definition) is 2. The summed E-state index contributed by atoms with van der Waals surface area (Å²) < 4.78 is 0. The Morgan fingerprint density at radius 2 is 1.71 bits per heavy atom. The van der Waals surface area contributed by atoms with E-state index in [0.29, 0.717) is 6.42 Å². The molecule has 1 aromatic carbocycles. The number of carbonyl (C=O) groups is 2. The zero-order valence-corrected chi connectivity index (χ0v) is 9.09. The Hall–Kier alpha value is -1.84. The summed E-state index contributed by atoms with van der Waals surface area (Å²) in [5, 5.41) is 18.3. The molecule has 4 heteroatoms. The largest absolute Gasteiger partial charge is 0.480 e. The molecule has 1 aromatic rings. The highest BCUT2D eigenvalue weighted by Crippen LogP contribution is 2.84. The van der Waals surface area contributed by atoms with Gasteiger partial charge in [0, 0.05) is 5.41 Å². The first-order valence-electron chi connectivity index (χ1n) is 5.56. The minimum atomic E-state index is -1.53. The molecule has 0 aliphatic heterocycles. The summed E-state index contributed by atoms with van der Waals surface area (Å²) in [6.07, 6.45) is 0.944. The zero-order valence-electron chi connectivity index (χ0n) is 9.09. The second-order valence-electron chi connectivity index (χ2n) is 5.02. The van der Waals surface area contributed by atoms with Crippen LogP contribution in [0.15, 0.2) is 30.3 Å². The van der Waals surface area contributed by atoms with Crippen LogP contribution in [0.4, 0.5) is 0 Å². The summed E-state index contributed by atoms with van der Waals surface area (Å²) >= 11 is 0. The first-order valence-corrected chi connectivity index (χ1v) is 5.56. The normalized spacial score (nSPS) is 32.1. The van der Waals surface area contributed by atoms with Crippen molar-refractivity contribution in [1.29, 1.82) is 0 Å². The fourth-order valence-corrected chi connectivity index (χ4v) is 3.19. The second kappa shape index (κ2) is 2.88. The van der Waals surface area contributed by atoms with E-state index in [0.717, 1.165) is 5.56 Å². The van der Waals surface area contributed by atoms with Crippen LogP contribution in [0, 0.1) is 10.8 Å². The van der Waals surface area contributed by atoms with Crippen molar-refractivity contribution < 1.29 is 19.8 Å². The van der Waals surface area contributed by atoms with Gasteiger partial charge >= 0.3 is 11.9 Å². The van der Waals surface area contributed by atoms with Gasteiger partial charge in [-0.1, -0.05) is 30.3 Å². The molecule has 2 aliphatic rings. The van der Waals surface area contributed by atoms with Gasteiger partial charge in [-0.25, -0.2) is 0 Å². The Balaban J connectivity index is 1.91. The molecule has 0 bridgehead atoms. The molecule has 0 radical (unpaired) electrons. The van der Waals surface area contributed by atoms with Crippen LogP contribution in [0.1, 0.15) is 24.3 Å². The van der Waals surface area contributed by atoms with Crippen molar-refractivity contribution in [2.45, 2.75) is 18.8 Å². The van der Waals surface area contributed by atoms with Crippen LogP contribution in [0.5, 0.6) is 0 Å². The molecule has 0 heterocycles. The molecule has 17 heavy (non-hydrogen) atoms. The third kappa shape index (κ3) is 1.07. The Kier molecular flexibility index (Phi) is 1.75. The quantitative estimate of drug-likeness (QED) is 0.778. The molecule has 0 saturated heterocycles. The highest BCUT2D eigenvalue weighted by molar-refractivity contribution is 6.04. The molecule has 2 atom stereocenters. The highest BCUT2D eigenvalue weighted by Gasteiger charge is 2.87. The Labute approximate surface area is 97.9 Å². The van der Waals surface area contributed by atoms with E-state index in [1.807, 2.05) is 30.3 Å². The minimum Gasteiger partial charge on any atom is -0.480 e. The fourth-order valence-electron chi connectivity index (χ4n) is 3.19. The number of rotatable bonds is 3. The molecular formula is C13H12O4. The Bertz CT molecular complexity index is 493. The van der Waals surface area contributed by atoms with Crippen LogP contribution in [-0.2, 0) is 9.59 Å². The SMILES string of the molecule is O=C(O)C1(C(=O)O)C[C@@]12C[C@@H]2c1ccccc1. The predicted molar refractivity (Wildman–Crippen MR) is 58.6 cm³/mol. The molecule has 2 aliphatic carbocycles. The van der Waals surface area contributed by atoms with Crippen molar-refractivity contribution >= 4 is 11.9 Å². The van der Waals surface area contributed by atoms with Gasteiger partial charge in [0.15, 0.2) is 5.41 Å². The third-order valence-electron chi connectivity index (χ3n) is 4.31. The minimum absolute atomic E-state index is 0.0934. The number of aliphatic carboxylic acids is 2. The molecule has 3 rings (SSSR count). The molecule has 0 aromatic heterocycles. The van der Waals surface area contributed by atoms with Crippen LogP contribution >= 0.6 is 0 Å². The monoisotopic (exact) mass is 232 g/mol. The third-order valence-corrected chi connectivity index (χ3v) is 4.31. The lowest BCUT2D eigenvalue weighted by atomic mass is 9.99. The smallest absolute Gasteiger partial charge is 0.321 e. The van der Waals surface area contributed by atoms with Gasteiger partial charge in [-0.15, -0.1) is 0 Å². The highest BCUT2D eigenvalue weighted by atomic mass is 16.4. The topological polar surface area (TPSA) is 74.6 Å². The zero-order chi connectivity index (χ0) is 12.3. The van der Waals surface area contributed by atoms with Crippen molar-refractivity contribution in [3.63, 3.8) is 0 Å². The fraction of sp³-hybridized carbons (Fsp3) is 0.385. The van der Waals surface area contributed by atoms with Crippen molar-refractivity contribution in [3.05, 3.63) is 35.9 Å². The lowest BCUT2D eigenvalue weighted by molar-refractivity contribution is -0.158. The van der Waals surface area contributed by atoms with Gasteiger partial charge in [-0.2, -0.15) is 0 Å². The molecule has 0 unspecified atom stereocenters. The van der Waals surface area contributed by atoms with Crippen molar-refractivity contribution in [3.8, 4) is 0 Å². The van der Waals surface area contributed by atoms with Gasteiger partial charge in [-0.3, -0.25) is 9.59 Å². The average molecular weight is 232 g/mol. The van der Waals surface area contributed by atoms with Crippen molar-refractivity contribution in [2.24, 2.45) is 10.8 Å².